The summed E-state index contributed by atoms with van der Waals surface area (Å²) in [5.41, 5.74) is -0.353. The minimum atomic E-state index is -0.353. The van der Waals surface area contributed by atoms with Gasteiger partial charge in [0.1, 0.15) is 0 Å². The molecule has 1 unspecified atom stereocenters. The molecule has 1 amide bonds. The molecule has 1 saturated carbocycles. The first kappa shape index (κ1) is 12.8. The van der Waals surface area contributed by atoms with E-state index in [9.17, 15) is 9.90 Å². The normalized spacial score (nSPS) is 38.0. The van der Waals surface area contributed by atoms with Crippen LogP contribution in [0.15, 0.2) is 0 Å². The molecule has 4 nitrogen and oxygen atoms in total. The smallest absolute Gasteiger partial charge is 0.240 e. The van der Waals surface area contributed by atoms with Crippen LogP contribution in [0.4, 0.5) is 0 Å². The molecule has 3 N–H and O–H groups in total. The van der Waals surface area contributed by atoms with Crippen LogP contribution in [0.25, 0.3) is 0 Å². The Balaban J connectivity index is 1.72. The molecular weight excluding hydrogens is 216 g/mol. The Hall–Kier alpha value is -0.610. The van der Waals surface area contributed by atoms with Crippen molar-refractivity contribution in [2.24, 2.45) is 5.92 Å². The molecule has 0 aromatic heterocycles. The third-order valence-electron chi connectivity index (χ3n) is 4.24. The van der Waals surface area contributed by atoms with Gasteiger partial charge in [-0.15, -0.1) is 0 Å². The molecule has 1 aliphatic heterocycles. The number of hydrogen-bond donors (Lipinski definition) is 3. The van der Waals surface area contributed by atoms with E-state index in [0.29, 0.717) is 5.92 Å². The van der Waals surface area contributed by atoms with Gasteiger partial charge < -0.3 is 15.7 Å². The van der Waals surface area contributed by atoms with Crippen molar-refractivity contribution in [1.82, 2.24) is 10.6 Å². The lowest BCUT2D eigenvalue weighted by atomic mass is 9.87. The molecule has 98 valence electrons. The Morgan fingerprint density at radius 3 is 2.71 bits per heavy atom. The van der Waals surface area contributed by atoms with Crippen molar-refractivity contribution >= 4 is 5.91 Å². The van der Waals surface area contributed by atoms with E-state index >= 15 is 0 Å². The maximum Gasteiger partial charge on any atom is 0.240 e. The Kier molecular flexibility index (Phi) is 4.05. The summed E-state index contributed by atoms with van der Waals surface area (Å²) in [6.45, 7) is 3.70. The lowest BCUT2D eigenvalue weighted by Gasteiger charge is -2.28. The predicted molar refractivity (Wildman–Crippen MR) is 66.6 cm³/mol. The van der Waals surface area contributed by atoms with Crippen LogP contribution in [0.1, 0.15) is 45.4 Å². The molecule has 2 aliphatic rings. The van der Waals surface area contributed by atoms with Gasteiger partial charge in [0.15, 0.2) is 0 Å². The summed E-state index contributed by atoms with van der Waals surface area (Å²) in [5, 5.41) is 15.8. The molecule has 0 aromatic carbocycles. The maximum atomic E-state index is 12.1. The summed E-state index contributed by atoms with van der Waals surface area (Å²) in [6.07, 6.45) is 5.74. The first-order valence-electron chi connectivity index (χ1n) is 6.81. The van der Waals surface area contributed by atoms with Gasteiger partial charge in [0.05, 0.1) is 11.6 Å². The highest BCUT2D eigenvalue weighted by Gasteiger charge is 2.35. The molecule has 0 spiro atoms. The summed E-state index contributed by atoms with van der Waals surface area (Å²) in [7, 11) is 0. The van der Waals surface area contributed by atoms with E-state index in [1.165, 1.54) is 0 Å². The fourth-order valence-corrected chi connectivity index (χ4v) is 2.87. The van der Waals surface area contributed by atoms with Crippen LogP contribution in [-0.2, 0) is 4.79 Å². The quantitative estimate of drug-likeness (QED) is 0.683. The average molecular weight is 240 g/mol. The number of aliphatic hydroxyl groups is 1. The monoisotopic (exact) mass is 240 g/mol. The summed E-state index contributed by atoms with van der Waals surface area (Å²) in [4.78, 5) is 12.1. The molecule has 2 fully saturated rings. The van der Waals surface area contributed by atoms with E-state index in [1.807, 2.05) is 6.92 Å². The second-order valence-corrected chi connectivity index (χ2v) is 5.75. The second-order valence-electron chi connectivity index (χ2n) is 5.75. The zero-order valence-corrected chi connectivity index (χ0v) is 10.7. The Bertz CT molecular complexity index is 267. The third-order valence-corrected chi connectivity index (χ3v) is 4.24. The summed E-state index contributed by atoms with van der Waals surface area (Å²) < 4.78 is 0. The van der Waals surface area contributed by atoms with Crippen molar-refractivity contribution in [2.75, 3.05) is 13.1 Å². The molecule has 17 heavy (non-hydrogen) atoms. The molecule has 0 radical (unpaired) electrons. The van der Waals surface area contributed by atoms with Gasteiger partial charge in [-0.2, -0.15) is 0 Å². The summed E-state index contributed by atoms with van der Waals surface area (Å²) >= 11 is 0. The van der Waals surface area contributed by atoms with Gasteiger partial charge in [0, 0.05) is 6.54 Å². The zero-order chi connectivity index (χ0) is 12.3. The van der Waals surface area contributed by atoms with E-state index in [1.54, 1.807) is 0 Å². The largest absolute Gasteiger partial charge is 0.393 e. The van der Waals surface area contributed by atoms with Crippen LogP contribution in [0.3, 0.4) is 0 Å². The molecule has 4 heteroatoms. The van der Waals surface area contributed by atoms with Gasteiger partial charge in [0.2, 0.25) is 5.91 Å². The van der Waals surface area contributed by atoms with Gasteiger partial charge in [-0.1, -0.05) is 0 Å². The summed E-state index contributed by atoms with van der Waals surface area (Å²) in [5.74, 6) is 0.688. The van der Waals surface area contributed by atoms with Crippen molar-refractivity contribution in [3.8, 4) is 0 Å². The van der Waals surface area contributed by atoms with E-state index in [-0.39, 0.29) is 17.6 Å². The highest BCUT2D eigenvalue weighted by molar-refractivity contribution is 5.86. The second kappa shape index (κ2) is 5.36. The van der Waals surface area contributed by atoms with Gasteiger partial charge in [-0.25, -0.2) is 0 Å². The standard InChI is InChI=1S/C13H24N2O2/c1-13(7-2-8-15-13)12(17)14-9-10-3-5-11(16)6-4-10/h10-11,15-16H,2-9H2,1H3,(H,14,17). The fourth-order valence-electron chi connectivity index (χ4n) is 2.87. The zero-order valence-electron chi connectivity index (χ0n) is 10.7. The molecule has 1 heterocycles. The molecule has 0 bridgehead atoms. The lowest BCUT2D eigenvalue weighted by molar-refractivity contribution is -0.126. The lowest BCUT2D eigenvalue weighted by Crippen LogP contribution is -2.52. The molecular formula is C13H24N2O2. The highest BCUT2D eigenvalue weighted by Crippen LogP contribution is 2.24. The maximum absolute atomic E-state index is 12.1. The molecule has 2 rings (SSSR count). The number of aliphatic hydroxyl groups excluding tert-OH is 1. The van der Waals surface area contributed by atoms with Crippen molar-refractivity contribution in [3.05, 3.63) is 0 Å². The van der Waals surface area contributed by atoms with Crippen molar-refractivity contribution < 1.29 is 9.90 Å². The van der Waals surface area contributed by atoms with Gasteiger partial charge in [-0.3, -0.25) is 4.79 Å². The molecule has 1 aliphatic carbocycles. The Morgan fingerprint density at radius 1 is 1.41 bits per heavy atom. The van der Waals surface area contributed by atoms with Crippen LogP contribution in [0.2, 0.25) is 0 Å². The van der Waals surface area contributed by atoms with E-state index in [2.05, 4.69) is 10.6 Å². The van der Waals surface area contributed by atoms with Gasteiger partial charge >= 0.3 is 0 Å². The number of carbonyl (C=O) groups is 1. The van der Waals surface area contributed by atoms with Crippen LogP contribution in [0, 0.1) is 5.92 Å². The van der Waals surface area contributed by atoms with Crippen LogP contribution in [-0.4, -0.2) is 35.7 Å². The van der Waals surface area contributed by atoms with Crippen molar-refractivity contribution in [3.63, 3.8) is 0 Å². The molecule has 0 aromatic rings. The SMILES string of the molecule is CC1(C(=O)NCC2CCC(O)CC2)CCCN1. The van der Waals surface area contributed by atoms with E-state index < -0.39 is 0 Å². The minimum Gasteiger partial charge on any atom is -0.393 e. The van der Waals surface area contributed by atoms with E-state index in [0.717, 1.165) is 51.6 Å². The minimum absolute atomic E-state index is 0.115. The number of rotatable bonds is 3. The Labute approximate surface area is 103 Å². The number of nitrogens with one attached hydrogen (secondary N) is 2. The first-order valence-corrected chi connectivity index (χ1v) is 6.81. The van der Waals surface area contributed by atoms with Crippen LogP contribution in [0.5, 0.6) is 0 Å². The fraction of sp³-hybridized carbons (Fsp3) is 0.923. The van der Waals surface area contributed by atoms with Crippen molar-refractivity contribution in [1.29, 1.82) is 0 Å². The highest BCUT2D eigenvalue weighted by atomic mass is 16.3. The van der Waals surface area contributed by atoms with Gasteiger partial charge in [0.25, 0.3) is 0 Å². The van der Waals surface area contributed by atoms with E-state index in [4.69, 9.17) is 0 Å². The number of hydrogen-bond acceptors (Lipinski definition) is 3. The predicted octanol–water partition coefficient (Wildman–Crippen LogP) is 0.796. The first-order chi connectivity index (χ1) is 8.10. The third kappa shape index (κ3) is 3.19. The average Bonchev–Trinajstić information content (AvgIpc) is 2.76. The van der Waals surface area contributed by atoms with Crippen molar-refractivity contribution in [2.45, 2.75) is 57.1 Å². The number of amides is 1. The topological polar surface area (TPSA) is 61.4 Å². The van der Waals surface area contributed by atoms with Crippen LogP contribution >= 0.6 is 0 Å². The Morgan fingerprint density at radius 2 is 2.12 bits per heavy atom. The molecule has 1 saturated heterocycles. The number of carbonyl (C=O) groups excluding carboxylic acids is 1. The summed E-state index contributed by atoms with van der Waals surface area (Å²) in [6, 6.07) is 0. The van der Waals surface area contributed by atoms with Gasteiger partial charge in [-0.05, 0) is 57.9 Å². The molecule has 1 atom stereocenters. The van der Waals surface area contributed by atoms with Crippen LogP contribution < -0.4 is 10.6 Å².